The summed E-state index contributed by atoms with van der Waals surface area (Å²) < 4.78 is 2.59. The summed E-state index contributed by atoms with van der Waals surface area (Å²) in [6.45, 7) is 12.0. The van der Waals surface area contributed by atoms with Crippen molar-refractivity contribution in [3.63, 3.8) is 0 Å². The molecule has 104 valence electrons. The van der Waals surface area contributed by atoms with Crippen molar-refractivity contribution >= 4 is 30.0 Å². The third-order valence-electron chi connectivity index (χ3n) is 4.85. The molecule has 4 heteroatoms. The maximum absolute atomic E-state index is 3.25. The molecule has 0 fully saturated rings. The molecule has 0 radical (unpaired) electrons. The number of hydrogen-bond donors (Lipinski definition) is 0. The van der Waals surface area contributed by atoms with Crippen molar-refractivity contribution in [2.45, 2.75) is 38.9 Å². The summed E-state index contributed by atoms with van der Waals surface area (Å²) in [4.78, 5) is 0. The Balaban J connectivity index is 0.00000121. The first-order valence-electron chi connectivity index (χ1n) is 7.15. The van der Waals surface area contributed by atoms with E-state index in [0.29, 0.717) is 0 Å². The van der Waals surface area contributed by atoms with Crippen LogP contribution in [0.15, 0.2) is 36.4 Å². The van der Waals surface area contributed by atoms with Gasteiger partial charge in [0.2, 0.25) is 0 Å². The van der Waals surface area contributed by atoms with Crippen LogP contribution in [0.4, 0.5) is 0 Å². The number of benzene rings is 2. The molecule has 1 nitrogen and oxygen atoms in total. The average Bonchev–Trinajstić information content (AvgIpc) is 2.72. The summed E-state index contributed by atoms with van der Waals surface area (Å²) in [6.07, 6.45) is 0. The van der Waals surface area contributed by atoms with Gasteiger partial charge in [0, 0.05) is 0 Å². The maximum atomic E-state index is 3.25. The zero-order valence-corrected chi connectivity index (χ0v) is 15.9. The molecular formula is C18H21Li2NSi. The molecule has 1 aromatic heterocycles. The molecule has 2 aromatic carbocycles. The van der Waals surface area contributed by atoms with Crippen LogP contribution in [0.1, 0.15) is 20.8 Å². The largest absolute Gasteiger partial charge is 1.00 e. The minimum atomic E-state index is -1.68. The Morgan fingerprint density at radius 2 is 1.27 bits per heavy atom. The smallest absolute Gasteiger partial charge is 0.476 e. The number of aromatic nitrogens is 1. The Morgan fingerprint density at radius 1 is 0.864 bits per heavy atom. The predicted octanol–water partition coefficient (Wildman–Crippen LogP) is -0.744. The maximum Gasteiger partial charge on any atom is 1.00 e. The molecule has 0 aliphatic rings. The van der Waals surface area contributed by atoms with E-state index in [1.807, 2.05) is 12.1 Å². The molecule has 0 bridgehead atoms. The SMILES string of the molecule is CC(C)(C)[Si](C)(C)n1c2c[c-]ccc2c2cc[c-]cc21.[Li+].[Li+]. The van der Waals surface area contributed by atoms with Gasteiger partial charge in [-0.3, -0.25) is 0 Å². The molecule has 0 aliphatic carbocycles. The zero-order chi connectivity index (χ0) is 14.5. The Labute approximate surface area is 158 Å². The van der Waals surface area contributed by atoms with Crippen molar-refractivity contribution in [1.82, 2.24) is 4.23 Å². The van der Waals surface area contributed by atoms with Crippen molar-refractivity contribution in [1.29, 1.82) is 0 Å². The summed E-state index contributed by atoms with van der Waals surface area (Å²) in [5.41, 5.74) is 2.63. The van der Waals surface area contributed by atoms with Crippen molar-refractivity contribution in [3.8, 4) is 0 Å². The monoisotopic (exact) mass is 293 g/mol. The summed E-state index contributed by atoms with van der Waals surface area (Å²) >= 11 is 0. The molecular weight excluding hydrogens is 272 g/mol. The third-order valence-corrected chi connectivity index (χ3v) is 10.1. The molecule has 0 unspecified atom stereocenters. The molecule has 3 rings (SSSR count). The molecule has 0 atom stereocenters. The van der Waals surface area contributed by atoms with Gasteiger partial charge < -0.3 is 4.23 Å². The normalized spacial score (nSPS) is 12.0. The van der Waals surface area contributed by atoms with Gasteiger partial charge in [-0.25, -0.2) is 0 Å². The molecule has 0 amide bonds. The minimum Gasteiger partial charge on any atom is -0.476 e. The van der Waals surface area contributed by atoms with Crippen LogP contribution in [0.2, 0.25) is 18.1 Å². The number of hydrogen-bond acceptors (Lipinski definition) is 0. The van der Waals surface area contributed by atoms with E-state index >= 15 is 0 Å². The molecule has 0 aliphatic heterocycles. The van der Waals surface area contributed by atoms with Gasteiger partial charge in [0.05, 0.1) is 0 Å². The fourth-order valence-corrected chi connectivity index (χ4v) is 4.98. The molecule has 0 N–H and O–H groups in total. The van der Waals surface area contributed by atoms with Gasteiger partial charge in [0.25, 0.3) is 0 Å². The van der Waals surface area contributed by atoms with E-state index in [-0.39, 0.29) is 42.8 Å². The second-order valence-corrected chi connectivity index (χ2v) is 12.1. The van der Waals surface area contributed by atoms with Crippen LogP contribution < -0.4 is 37.7 Å². The Morgan fingerprint density at radius 3 is 1.64 bits per heavy atom. The van der Waals surface area contributed by atoms with Crippen LogP contribution >= 0.6 is 0 Å². The molecule has 0 saturated heterocycles. The van der Waals surface area contributed by atoms with Gasteiger partial charge >= 0.3 is 37.7 Å². The summed E-state index contributed by atoms with van der Waals surface area (Å²) in [5.74, 6) is 0. The first-order valence-corrected chi connectivity index (χ1v) is 10.1. The van der Waals surface area contributed by atoms with Crippen LogP contribution in [0.3, 0.4) is 0 Å². The van der Waals surface area contributed by atoms with Crippen LogP contribution in [-0.2, 0) is 0 Å². The van der Waals surface area contributed by atoms with E-state index in [1.54, 1.807) is 0 Å². The summed E-state index contributed by atoms with van der Waals surface area (Å²) in [7, 11) is -1.68. The third kappa shape index (κ3) is 2.89. The first kappa shape index (κ1) is 19.7. The van der Waals surface area contributed by atoms with Crippen molar-refractivity contribution in [2.75, 3.05) is 0 Å². The second kappa shape index (κ2) is 6.64. The van der Waals surface area contributed by atoms with Crippen molar-refractivity contribution < 1.29 is 37.7 Å². The van der Waals surface area contributed by atoms with Gasteiger partial charge in [0.1, 0.15) is 8.24 Å². The standard InChI is InChI=1S/C18H21NSi.2Li/c1-18(2,3)20(4,5)19-16-12-8-6-10-14(16)15-11-7-9-13-17(15)19;;/h6-7,10-13H,1-5H3;;/q-2;2*+1. The predicted molar refractivity (Wildman–Crippen MR) is 89.7 cm³/mol. The van der Waals surface area contributed by atoms with Gasteiger partial charge in [-0.15, -0.1) is 10.8 Å². The number of fused-ring (bicyclic) bond motifs is 3. The zero-order valence-electron chi connectivity index (χ0n) is 14.9. The van der Waals surface area contributed by atoms with E-state index < -0.39 is 8.24 Å². The molecule has 0 saturated carbocycles. The number of rotatable bonds is 1. The topological polar surface area (TPSA) is 4.93 Å². The van der Waals surface area contributed by atoms with Crippen LogP contribution in [0.5, 0.6) is 0 Å². The average molecular weight is 293 g/mol. The van der Waals surface area contributed by atoms with Crippen LogP contribution in [-0.4, -0.2) is 12.5 Å². The van der Waals surface area contributed by atoms with Crippen molar-refractivity contribution in [3.05, 3.63) is 48.5 Å². The number of nitrogens with zero attached hydrogens (tertiary/aromatic N) is 1. The molecule has 1 heterocycles. The molecule has 22 heavy (non-hydrogen) atoms. The van der Waals surface area contributed by atoms with E-state index in [0.717, 1.165) is 0 Å². The summed E-state index contributed by atoms with van der Waals surface area (Å²) in [6, 6.07) is 19.2. The van der Waals surface area contributed by atoms with Crippen LogP contribution in [0, 0.1) is 12.1 Å². The van der Waals surface area contributed by atoms with E-state index in [4.69, 9.17) is 0 Å². The Hall–Kier alpha value is -0.348. The van der Waals surface area contributed by atoms with Gasteiger partial charge in [0.15, 0.2) is 0 Å². The fraction of sp³-hybridized carbons (Fsp3) is 0.333. The van der Waals surface area contributed by atoms with Gasteiger partial charge in [-0.1, -0.05) is 44.9 Å². The van der Waals surface area contributed by atoms with E-state index in [9.17, 15) is 0 Å². The van der Waals surface area contributed by atoms with E-state index in [2.05, 4.69) is 74.5 Å². The fourth-order valence-electron chi connectivity index (χ4n) is 2.74. The minimum absolute atomic E-state index is 0. The quantitative estimate of drug-likeness (QED) is 0.411. The van der Waals surface area contributed by atoms with Crippen LogP contribution in [0.25, 0.3) is 21.8 Å². The Kier molecular flexibility index (Phi) is 5.95. The molecule has 0 spiro atoms. The Bertz CT molecular complexity index is 731. The molecule has 3 aromatic rings. The van der Waals surface area contributed by atoms with Gasteiger partial charge in [-0.05, 0) is 5.04 Å². The van der Waals surface area contributed by atoms with Crippen molar-refractivity contribution in [2.24, 2.45) is 0 Å². The first-order chi connectivity index (χ1) is 9.34. The summed E-state index contributed by atoms with van der Waals surface area (Å²) in [5, 5.41) is 2.95. The van der Waals surface area contributed by atoms with Gasteiger partial charge in [-0.2, -0.15) is 48.5 Å². The van der Waals surface area contributed by atoms with E-state index in [1.165, 1.54) is 21.8 Å². The second-order valence-electron chi connectivity index (χ2n) is 7.03.